The normalized spacial score (nSPS) is 12.9. The molecule has 1 rings (SSSR count). The highest BCUT2D eigenvalue weighted by Crippen LogP contribution is 2.21. The molecule has 2 N–H and O–H groups in total. The van der Waals surface area contributed by atoms with Crippen molar-refractivity contribution in [3.63, 3.8) is 0 Å². The Morgan fingerprint density at radius 1 is 1.47 bits per heavy atom. The molecule has 0 aliphatic carbocycles. The van der Waals surface area contributed by atoms with E-state index in [1.165, 1.54) is 19.1 Å². The second kappa shape index (κ2) is 5.33. The smallest absolute Gasteiger partial charge is 0.321 e. The summed E-state index contributed by atoms with van der Waals surface area (Å²) < 4.78 is 25.8. The Morgan fingerprint density at radius 3 is 2.53 bits per heavy atom. The van der Waals surface area contributed by atoms with Crippen LogP contribution in [0.15, 0.2) is 23.1 Å². The van der Waals surface area contributed by atoms with Gasteiger partial charge in [-0.2, -0.15) is 4.72 Å². The number of carbonyl (C=O) groups is 1. The molecule has 104 valence electrons. The lowest BCUT2D eigenvalue weighted by molar-refractivity contribution is -0.385. The van der Waals surface area contributed by atoms with Crippen LogP contribution in [0.25, 0.3) is 0 Å². The summed E-state index contributed by atoms with van der Waals surface area (Å²) in [5, 5.41) is 19.3. The van der Waals surface area contributed by atoms with Gasteiger partial charge in [-0.1, -0.05) is 6.07 Å². The lowest BCUT2D eigenvalue weighted by Gasteiger charge is -2.11. The molecule has 1 aromatic rings. The first kappa shape index (κ1) is 15.1. The minimum Gasteiger partial charge on any atom is -0.480 e. The summed E-state index contributed by atoms with van der Waals surface area (Å²) in [6.45, 7) is 2.62. The first-order valence-electron chi connectivity index (χ1n) is 5.15. The van der Waals surface area contributed by atoms with Crippen molar-refractivity contribution in [2.45, 2.75) is 24.8 Å². The van der Waals surface area contributed by atoms with Crippen molar-refractivity contribution in [1.29, 1.82) is 0 Å². The van der Waals surface area contributed by atoms with Gasteiger partial charge in [0, 0.05) is 12.1 Å². The quantitative estimate of drug-likeness (QED) is 0.605. The molecule has 1 unspecified atom stereocenters. The fourth-order valence-electron chi connectivity index (χ4n) is 1.34. The van der Waals surface area contributed by atoms with Crippen molar-refractivity contribution in [1.82, 2.24) is 4.72 Å². The van der Waals surface area contributed by atoms with Crippen molar-refractivity contribution < 1.29 is 23.2 Å². The number of rotatable bonds is 5. The van der Waals surface area contributed by atoms with E-state index >= 15 is 0 Å². The van der Waals surface area contributed by atoms with Crippen LogP contribution in [0, 0.1) is 17.0 Å². The van der Waals surface area contributed by atoms with Gasteiger partial charge in [0.2, 0.25) is 10.0 Å². The van der Waals surface area contributed by atoms with Gasteiger partial charge in [-0.05, 0) is 19.4 Å². The van der Waals surface area contributed by atoms with Crippen molar-refractivity contribution in [3.05, 3.63) is 33.9 Å². The molecule has 0 bridgehead atoms. The van der Waals surface area contributed by atoms with E-state index in [9.17, 15) is 23.3 Å². The molecule has 1 atom stereocenters. The highest BCUT2D eigenvalue weighted by molar-refractivity contribution is 7.89. The number of aliphatic carboxylic acids is 1. The predicted molar refractivity (Wildman–Crippen MR) is 65.3 cm³/mol. The average Bonchev–Trinajstić information content (AvgIpc) is 2.28. The Balaban J connectivity index is 3.24. The van der Waals surface area contributed by atoms with E-state index in [-0.39, 0.29) is 16.1 Å². The zero-order valence-electron chi connectivity index (χ0n) is 10.2. The van der Waals surface area contributed by atoms with Gasteiger partial charge in [0.1, 0.15) is 6.04 Å². The molecule has 0 saturated heterocycles. The number of aryl methyl sites for hydroxylation is 1. The topological polar surface area (TPSA) is 127 Å². The van der Waals surface area contributed by atoms with Crippen LogP contribution >= 0.6 is 0 Å². The summed E-state index contributed by atoms with van der Waals surface area (Å²) >= 11 is 0. The molecule has 0 spiro atoms. The lowest BCUT2D eigenvalue weighted by Crippen LogP contribution is -2.38. The first-order valence-corrected chi connectivity index (χ1v) is 6.63. The fraction of sp³-hybridized carbons (Fsp3) is 0.300. The minimum absolute atomic E-state index is 0.288. The number of non-ortho nitro benzene ring substituents is 1. The molecule has 19 heavy (non-hydrogen) atoms. The number of sulfonamides is 1. The summed E-state index contributed by atoms with van der Waals surface area (Å²) in [6.07, 6.45) is 0. The Morgan fingerprint density at radius 2 is 2.05 bits per heavy atom. The monoisotopic (exact) mass is 288 g/mol. The predicted octanol–water partition coefficient (Wildman–Crippen LogP) is 0.655. The number of carboxylic acid groups (broad SMARTS) is 1. The Bertz CT molecular complexity index is 625. The third-order valence-corrected chi connectivity index (χ3v) is 4.06. The number of nitro benzene ring substituents is 1. The molecule has 0 aromatic heterocycles. The maximum Gasteiger partial charge on any atom is 0.321 e. The number of hydrogen-bond donors (Lipinski definition) is 2. The minimum atomic E-state index is -4.13. The van der Waals surface area contributed by atoms with E-state index < -0.39 is 27.0 Å². The van der Waals surface area contributed by atoms with Gasteiger partial charge < -0.3 is 5.11 Å². The third kappa shape index (κ3) is 3.48. The van der Waals surface area contributed by atoms with Crippen molar-refractivity contribution in [2.24, 2.45) is 0 Å². The van der Waals surface area contributed by atoms with Gasteiger partial charge in [-0.3, -0.25) is 14.9 Å². The largest absolute Gasteiger partial charge is 0.480 e. The molecule has 0 fully saturated rings. The zero-order chi connectivity index (χ0) is 14.8. The second-order valence-corrected chi connectivity index (χ2v) is 5.57. The number of nitrogens with zero attached hydrogens (tertiary/aromatic N) is 1. The molecule has 8 nitrogen and oxygen atoms in total. The summed E-state index contributed by atoms with van der Waals surface area (Å²) in [4.78, 5) is 20.2. The molecule has 1 aromatic carbocycles. The third-order valence-electron chi connectivity index (χ3n) is 2.37. The lowest BCUT2D eigenvalue weighted by atomic mass is 10.2. The van der Waals surface area contributed by atoms with Crippen LogP contribution < -0.4 is 4.72 Å². The Kier molecular flexibility index (Phi) is 4.22. The van der Waals surface area contributed by atoms with Gasteiger partial charge in [-0.25, -0.2) is 8.42 Å². The molecule has 0 aliphatic heterocycles. The number of hydrogen-bond acceptors (Lipinski definition) is 5. The van der Waals surface area contributed by atoms with Gasteiger partial charge in [0.15, 0.2) is 0 Å². The fourth-order valence-corrected chi connectivity index (χ4v) is 2.80. The van der Waals surface area contributed by atoms with Crippen LogP contribution in [-0.2, 0) is 14.8 Å². The Labute approximate surface area is 109 Å². The molecule has 0 aliphatic rings. The van der Waals surface area contributed by atoms with Crippen LogP contribution in [0.2, 0.25) is 0 Å². The van der Waals surface area contributed by atoms with Gasteiger partial charge in [0.05, 0.1) is 9.82 Å². The molecule has 0 radical (unpaired) electrons. The van der Waals surface area contributed by atoms with Crippen molar-refractivity contribution in [3.8, 4) is 0 Å². The maximum absolute atomic E-state index is 11.9. The standard InChI is InChI=1S/C10H12N2O6S/c1-6-3-4-8(12(15)16)5-9(6)19(17,18)11-7(2)10(13)14/h3-5,7,11H,1-2H3,(H,13,14). The molecule has 9 heteroatoms. The van der Waals surface area contributed by atoms with E-state index in [1.54, 1.807) is 0 Å². The van der Waals surface area contributed by atoms with Gasteiger partial charge in [0.25, 0.3) is 5.69 Å². The van der Waals surface area contributed by atoms with Crippen molar-refractivity contribution >= 4 is 21.7 Å². The number of nitro groups is 1. The maximum atomic E-state index is 11.9. The van der Waals surface area contributed by atoms with Gasteiger partial charge in [-0.15, -0.1) is 0 Å². The van der Waals surface area contributed by atoms with Crippen molar-refractivity contribution in [2.75, 3.05) is 0 Å². The summed E-state index contributed by atoms with van der Waals surface area (Å²) in [5.41, 5.74) is -0.0929. The first-order chi connectivity index (χ1) is 8.65. The zero-order valence-corrected chi connectivity index (χ0v) is 11.0. The van der Waals surface area contributed by atoms with E-state index in [2.05, 4.69) is 0 Å². The highest BCUT2D eigenvalue weighted by Gasteiger charge is 2.24. The number of nitrogens with one attached hydrogen (secondary N) is 1. The SMILES string of the molecule is Cc1ccc([N+](=O)[O-])cc1S(=O)(=O)NC(C)C(=O)O. The van der Waals surface area contributed by atoms with E-state index in [0.717, 1.165) is 13.0 Å². The second-order valence-electron chi connectivity index (χ2n) is 3.89. The summed E-state index contributed by atoms with van der Waals surface area (Å²) in [6, 6.07) is 2.03. The van der Waals surface area contributed by atoms with Crippen LogP contribution in [0.3, 0.4) is 0 Å². The van der Waals surface area contributed by atoms with Crippen LogP contribution in [0.4, 0.5) is 5.69 Å². The van der Waals surface area contributed by atoms with E-state index in [0.29, 0.717) is 0 Å². The molecular weight excluding hydrogens is 276 g/mol. The molecule has 0 amide bonds. The number of benzene rings is 1. The molecule has 0 heterocycles. The van der Waals surface area contributed by atoms with E-state index in [4.69, 9.17) is 5.11 Å². The van der Waals surface area contributed by atoms with Gasteiger partial charge >= 0.3 is 5.97 Å². The molecular formula is C10H12N2O6S. The summed E-state index contributed by atoms with van der Waals surface area (Å²) in [5.74, 6) is -1.34. The molecule has 0 saturated carbocycles. The van der Waals surface area contributed by atoms with Crippen LogP contribution in [0.1, 0.15) is 12.5 Å². The van der Waals surface area contributed by atoms with Crippen LogP contribution in [-0.4, -0.2) is 30.5 Å². The average molecular weight is 288 g/mol. The highest BCUT2D eigenvalue weighted by atomic mass is 32.2. The Hall–Kier alpha value is -2.00. The van der Waals surface area contributed by atoms with Crippen LogP contribution in [0.5, 0.6) is 0 Å². The number of carboxylic acids is 1. The van der Waals surface area contributed by atoms with E-state index in [1.807, 2.05) is 4.72 Å². The summed E-state index contributed by atoms with van der Waals surface area (Å²) in [7, 11) is -4.13.